The molecule has 0 saturated heterocycles. The molecule has 4 rings (SSSR count). The van der Waals surface area contributed by atoms with Crippen molar-refractivity contribution < 1.29 is 5.11 Å². The Balaban J connectivity index is 1.83. The van der Waals surface area contributed by atoms with Gasteiger partial charge in [-0.25, -0.2) is 4.68 Å². The first kappa shape index (κ1) is 18.6. The topological polar surface area (TPSA) is 55.1 Å². The Hall–Kier alpha value is -2.76. The first-order valence-electron chi connectivity index (χ1n) is 9.03. The van der Waals surface area contributed by atoms with Crippen LogP contribution in [0.3, 0.4) is 0 Å². The van der Waals surface area contributed by atoms with Gasteiger partial charge in [-0.2, -0.15) is 5.10 Å². The van der Waals surface area contributed by atoms with Crippen LogP contribution in [0.4, 0.5) is 0 Å². The molecule has 0 radical (unpaired) electrons. The average molecular weight is 435 g/mol. The fraction of sp³-hybridized carbons (Fsp3) is 0.130. The number of nitrogens with zero attached hydrogens (tertiary/aromatic N) is 2. The standard InChI is InChI=1S/C23H19BrN2O2/c1-15-9-11-16(12-10-15)22-19-7-2-3-8-20(19)23(28)26(25-22)14-21(27)17-5-4-6-18(24)13-17/h2-13,21,27H,14H2,1H3. The van der Waals surface area contributed by atoms with Gasteiger partial charge in [0.25, 0.3) is 5.56 Å². The summed E-state index contributed by atoms with van der Waals surface area (Å²) in [6.45, 7) is 2.11. The number of hydrogen-bond donors (Lipinski definition) is 1. The van der Waals surface area contributed by atoms with Gasteiger partial charge >= 0.3 is 0 Å². The lowest BCUT2D eigenvalue weighted by molar-refractivity contribution is 0.149. The van der Waals surface area contributed by atoms with Crippen molar-refractivity contribution in [1.82, 2.24) is 9.78 Å². The number of fused-ring (bicyclic) bond motifs is 1. The zero-order valence-electron chi connectivity index (χ0n) is 15.3. The number of aryl methyl sites for hydroxylation is 1. The molecule has 1 aromatic heterocycles. The van der Waals surface area contributed by atoms with Crippen molar-refractivity contribution in [1.29, 1.82) is 0 Å². The fourth-order valence-electron chi connectivity index (χ4n) is 3.27. The third kappa shape index (κ3) is 3.63. The number of halogens is 1. The first-order chi connectivity index (χ1) is 13.5. The molecule has 0 spiro atoms. The lowest BCUT2D eigenvalue weighted by atomic mass is 10.0. The molecule has 1 N–H and O–H groups in total. The van der Waals surface area contributed by atoms with Gasteiger partial charge in [-0.3, -0.25) is 4.79 Å². The number of aliphatic hydroxyl groups is 1. The second kappa shape index (κ2) is 7.70. The highest BCUT2D eigenvalue weighted by molar-refractivity contribution is 9.10. The van der Waals surface area contributed by atoms with E-state index in [2.05, 4.69) is 21.0 Å². The first-order valence-corrected chi connectivity index (χ1v) is 9.82. The summed E-state index contributed by atoms with van der Waals surface area (Å²) in [5.74, 6) is 0. The van der Waals surface area contributed by atoms with Gasteiger partial charge in [0, 0.05) is 15.4 Å². The van der Waals surface area contributed by atoms with Crippen LogP contribution in [0, 0.1) is 6.92 Å². The van der Waals surface area contributed by atoms with E-state index in [4.69, 9.17) is 0 Å². The lowest BCUT2D eigenvalue weighted by Gasteiger charge is -2.15. The van der Waals surface area contributed by atoms with Gasteiger partial charge < -0.3 is 5.11 Å². The lowest BCUT2D eigenvalue weighted by Crippen LogP contribution is -2.26. The largest absolute Gasteiger partial charge is 0.386 e. The second-order valence-electron chi connectivity index (χ2n) is 6.82. The zero-order chi connectivity index (χ0) is 19.7. The molecular formula is C23H19BrN2O2. The molecule has 0 aliphatic heterocycles. The molecule has 1 unspecified atom stereocenters. The van der Waals surface area contributed by atoms with Crippen LogP contribution >= 0.6 is 15.9 Å². The van der Waals surface area contributed by atoms with E-state index in [9.17, 15) is 9.90 Å². The maximum Gasteiger partial charge on any atom is 0.274 e. The summed E-state index contributed by atoms with van der Waals surface area (Å²) in [7, 11) is 0. The van der Waals surface area contributed by atoms with E-state index in [-0.39, 0.29) is 12.1 Å². The summed E-state index contributed by atoms with van der Waals surface area (Å²) < 4.78 is 2.24. The van der Waals surface area contributed by atoms with Gasteiger partial charge in [0.1, 0.15) is 0 Å². The molecule has 0 bridgehead atoms. The predicted molar refractivity (Wildman–Crippen MR) is 115 cm³/mol. The van der Waals surface area contributed by atoms with Gasteiger partial charge in [-0.15, -0.1) is 0 Å². The van der Waals surface area contributed by atoms with Crippen LogP contribution in [0.1, 0.15) is 17.2 Å². The van der Waals surface area contributed by atoms with Crippen LogP contribution < -0.4 is 5.56 Å². The second-order valence-corrected chi connectivity index (χ2v) is 7.73. The number of hydrogen-bond acceptors (Lipinski definition) is 3. The minimum Gasteiger partial charge on any atom is -0.386 e. The number of benzene rings is 3. The Morgan fingerprint density at radius 1 is 1.00 bits per heavy atom. The van der Waals surface area contributed by atoms with Gasteiger partial charge in [-0.1, -0.05) is 76.1 Å². The Kier molecular flexibility index (Phi) is 5.11. The van der Waals surface area contributed by atoms with Crippen LogP contribution in [-0.4, -0.2) is 14.9 Å². The van der Waals surface area contributed by atoms with Gasteiger partial charge in [0.2, 0.25) is 0 Å². The highest BCUT2D eigenvalue weighted by Crippen LogP contribution is 2.26. The predicted octanol–water partition coefficient (Wildman–Crippen LogP) is 4.87. The Labute approximate surface area is 171 Å². The van der Waals surface area contributed by atoms with E-state index in [0.29, 0.717) is 5.39 Å². The van der Waals surface area contributed by atoms with Gasteiger partial charge in [0.05, 0.1) is 23.7 Å². The van der Waals surface area contributed by atoms with Crippen LogP contribution in [0.2, 0.25) is 0 Å². The Morgan fingerprint density at radius 3 is 2.43 bits per heavy atom. The summed E-state index contributed by atoms with van der Waals surface area (Å²) in [6.07, 6.45) is -0.838. The monoisotopic (exact) mass is 434 g/mol. The van der Waals surface area contributed by atoms with E-state index in [1.807, 2.05) is 73.7 Å². The molecule has 3 aromatic carbocycles. The van der Waals surface area contributed by atoms with Gasteiger partial charge in [-0.05, 0) is 30.7 Å². The molecule has 28 heavy (non-hydrogen) atoms. The molecule has 0 amide bonds. The van der Waals surface area contributed by atoms with Crippen LogP contribution in [-0.2, 0) is 6.54 Å². The molecule has 0 aliphatic carbocycles. The third-order valence-corrected chi connectivity index (χ3v) is 5.27. The molecule has 1 atom stereocenters. The van der Waals surface area contributed by atoms with Crippen molar-refractivity contribution in [3.05, 3.63) is 98.7 Å². The van der Waals surface area contributed by atoms with E-state index >= 15 is 0 Å². The van der Waals surface area contributed by atoms with Crippen molar-refractivity contribution in [3.63, 3.8) is 0 Å². The summed E-state index contributed by atoms with van der Waals surface area (Å²) in [5.41, 5.74) is 3.35. The van der Waals surface area contributed by atoms with Crippen LogP contribution in [0.25, 0.3) is 22.0 Å². The van der Waals surface area contributed by atoms with Crippen LogP contribution in [0.15, 0.2) is 82.1 Å². The normalized spacial score (nSPS) is 12.2. The summed E-state index contributed by atoms with van der Waals surface area (Å²) in [6, 6.07) is 23.0. The number of aliphatic hydroxyl groups excluding tert-OH is 1. The van der Waals surface area contributed by atoms with Crippen molar-refractivity contribution in [2.75, 3.05) is 0 Å². The maximum absolute atomic E-state index is 13.0. The molecule has 0 aliphatic rings. The third-order valence-electron chi connectivity index (χ3n) is 4.77. The summed E-state index contributed by atoms with van der Waals surface area (Å²) >= 11 is 3.42. The Bertz CT molecular complexity index is 1200. The maximum atomic E-state index is 13.0. The minimum atomic E-state index is -0.838. The van der Waals surface area contributed by atoms with Gasteiger partial charge in [0.15, 0.2) is 0 Å². The summed E-state index contributed by atoms with van der Waals surface area (Å²) in [4.78, 5) is 13.0. The van der Waals surface area contributed by atoms with Crippen molar-refractivity contribution in [3.8, 4) is 11.3 Å². The molecule has 1 heterocycles. The molecule has 4 nitrogen and oxygen atoms in total. The minimum absolute atomic E-state index is 0.0823. The van der Waals surface area contributed by atoms with E-state index in [0.717, 1.165) is 32.2 Å². The molecule has 0 fully saturated rings. The Morgan fingerprint density at radius 2 is 1.71 bits per heavy atom. The smallest absolute Gasteiger partial charge is 0.274 e. The van der Waals surface area contributed by atoms with Crippen molar-refractivity contribution in [2.24, 2.45) is 0 Å². The molecule has 140 valence electrons. The SMILES string of the molecule is Cc1ccc(-c2nn(CC(O)c3cccc(Br)c3)c(=O)c3ccccc23)cc1. The van der Waals surface area contributed by atoms with Crippen molar-refractivity contribution >= 4 is 26.7 Å². The molecule has 0 saturated carbocycles. The van der Waals surface area contributed by atoms with Crippen molar-refractivity contribution in [2.45, 2.75) is 19.6 Å². The average Bonchev–Trinajstić information content (AvgIpc) is 2.71. The fourth-order valence-corrected chi connectivity index (χ4v) is 3.68. The van der Waals surface area contributed by atoms with E-state index in [1.165, 1.54) is 4.68 Å². The van der Waals surface area contributed by atoms with E-state index in [1.54, 1.807) is 6.07 Å². The number of rotatable bonds is 4. The highest BCUT2D eigenvalue weighted by Gasteiger charge is 2.16. The van der Waals surface area contributed by atoms with Crippen LogP contribution in [0.5, 0.6) is 0 Å². The quantitative estimate of drug-likeness (QED) is 0.498. The number of aromatic nitrogens is 2. The molecular weight excluding hydrogens is 416 g/mol. The zero-order valence-corrected chi connectivity index (χ0v) is 16.9. The van der Waals surface area contributed by atoms with E-state index < -0.39 is 6.10 Å². The molecule has 4 aromatic rings. The summed E-state index contributed by atoms with van der Waals surface area (Å²) in [5, 5.41) is 16.7. The molecule has 5 heteroatoms. The highest BCUT2D eigenvalue weighted by atomic mass is 79.9.